The number of thiazole rings is 1. The Morgan fingerprint density at radius 2 is 1.28 bits per heavy atom. The van der Waals surface area contributed by atoms with Gasteiger partial charge in [-0.2, -0.15) is 13.0 Å². The third-order valence-corrected chi connectivity index (χ3v) is 10.9. The molecule has 53 heavy (non-hydrogen) atoms. The van der Waals surface area contributed by atoms with Gasteiger partial charge in [0.1, 0.15) is 29.4 Å². The van der Waals surface area contributed by atoms with Gasteiger partial charge in [0, 0.05) is 6.07 Å². The first-order chi connectivity index (χ1) is 25.9. The maximum Gasteiger partial charge on any atom is 0.294 e. The summed E-state index contributed by atoms with van der Waals surface area (Å²) in [5.74, 6) is 2.69. The van der Waals surface area contributed by atoms with Crippen LogP contribution in [0.5, 0.6) is 17.2 Å². The third-order valence-electron chi connectivity index (χ3n) is 8.95. The van der Waals surface area contributed by atoms with Crippen molar-refractivity contribution in [2.24, 2.45) is 0 Å². The molecule has 0 aliphatic carbocycles. The molecule has 0 saturated heterocycles. The van der Waals surface area contributed by atoms with Gasteiger partial charge in [0.25, 0.3) is 15.1 Å². The third kappa shape index (κ3) is 7.66. The van der Waals surface area contributed by atoms with E-state index in [1.165, 1.54) is 24.3 Å². The van der Waals surface area contributed by atoms with E-state index in [1.54, 1.807) is 11.3 Å². The van der Waals surface area contributed by atoms with E-state index in [2.05, 4.69) is 82.3 Å². The Kier molecular flexibility index (Phi) is 9.64. The van der Waals surface area contributed by atoms with Gasteiger partial charge in [0.05, 0.1) is 23.2 Å². The second-order valence-electron chi connectivity index (χ2n) is 12.4. The van der Waals surface area contributed by atoms with Gasteiger partial charge in [-0.15, -0.1) is 0 Å². The molecule has 0 bridgehead atoms. The van der Waals surface area contributed by atoms with Crippen molar-refractivity contribution in [2.45, 2.75) is 11.4 Å². The average molecular weight is 740 g/mol. The molecule has 0 radical (unpaired) electrons. The number of benzene rings is 6. The van der Waals surface area contributed by atoms with Crippen LogP contribution in [0.4, 0.5) is 5.69 Å². The number of ether oxygens (including phenoxy) is 3. The Morgan fingerprint density at radius 3 is 1.96 bits per heavy atom. The molecule has 1 aromatic heterocycles. The normalized spacial score (nSPS) is 13.2. The molecule has 1 aliphatic rings. The van der Waals surface area contributed by atoms with E-state index in [1.807, 2.05) is 60.7 Å². The molecule has 6 aromatic carbocycles. The van der Waals surface area contributed by atoms with E-state index >= 15 is 0 Å². The molecule has 7 aromatic rings. The number of aromatic nitrogens is 1. The van der Waals surface area contributed by atoms with Gasteiger partial charge in [0.15, 0.2) is 12.3 Å². The van der Waals surface area contributed by atoms with Crippen molar-refractivity contribution >= 4 is 43.4 Å². The quantitative estimate of drug-likeness (QED) is 0.0988. The van der Waals surface area contributed by atoms with Crippen LogP contribution in [-0.2, 0) is 16.7 Å². The summed E-state index contributed by atoms with van der Waals surface area (Å²) in [7, 11) is -4.30. The van der Waals surface area contributed by atoms with Crippen molar-refractivity contribution in [1.29, 1.82) is 0 Å². The molecule has 0 fully saturated rings. The molecule has 0 unspecified atom stereocenters. The van der Waals surface area contributed by atoms with Crippen molar-refractivity contribution < 1.29 is 31.7 Å². The summed E-state index contributed by atoms with van der Waals surface area (Å²) in [6.45, 7) is 1.80. The van der Waals surface area contributed by atoms with Crippen molar-refractivity contribution in [3.8, 4) is 39.5 Å². The molecule has 264 valence electrons. The molecule has 0 spiro atoms. The summed E-state index contributed by atoms with van der Waals surface area (Å²) in [6, 6.07) is 48.9. The van der Waals surface area contributed by atoms with Crippen molar-refractivity contribution in [3.05, 3.63) is 163 Å². The molecule has 0 saturated carbocycles. The van der Waals surface area contributed by atoms with E-state index < -0.39 is 10.1 Å². The van der Waals surface area contributed by atoms with Gasteiger partial charge < -0.3 is 19.1 Å². The molecular weight excluding hydrogens is 705 g/mol. The summed E-state index contributed by atoms with van der Waals surface area (Å²) in [4.78, 5) is 1.92. The lowest BCUT2D eigenvalue weighted by Crippen LogP contribution is -2.38. The fraction of sp³-hybridized carbons (Fsp3) is 0.0930. The molecular formula is C43H35N2O6S2+. The molecule has 8 nitrogen and oxygen atoms in total. The SMILES string of the molecule is O=S(=O)(O)c1ccc(OCCN2C(=Cc3sc4ccc(-c5ccccc5)cc4[n+]3CCOc3ccccc3)Oc3ccc(-c4ccccc4)cc32)cc1. The van der Waals surface area contributed by atoms with Crippen molar-refractivity contribution in [3.63, 3.8) is 0 Å². The Bertz CT molecular complexity index is 2500. The zero-order valence-corrected chi connectivity index (χ0v) is 30.2. The Morgan fingerprint density at radius 1 is 0.679 bits per heavy atom. The topological polar surface area (TPSA) is 89.2 Å². The maximum atomic E-state index is 11.5. The highest BCUT2D eigenvalue weighted by Crippen LogP contribution is 2.42. The molecule has 1 N–H and O–H groups in total. The van der Waals surface area contributed by atoms with Crippen molar-refractivity contribution in [2.75, 3.05) is 24.7 Å². The Balaban J connectivity index is 1.15. The van der Waals surface area contributed by atoms with Crippen LogP contribution in [-0.4, -0.2) is 32.7 Å². The summed E-state index contributed by atoms with van der Waals surface area (Å²) < 4.78 is 54.7. The minimum atomic E-state index is -4.30. The fourth-order valence-electron chi connectivity index (χ4n) is 6.34. The Hall–Kier alpha value is -5.94. The van der Waals surface area contributed by atoms with E-state index in [-0.39, 0.29) is 11.5 Å². The van der Waals surface area contributed by atoms with E-state index in [0.717, 1.165) is 54.7 Å². The number of rotatable bonds is 12. The molecule has 10 heteroatoms. The maximum absolute atomic E-state index is 11.5. The highest BCUT2D eigenvalue weighted by molar-refractivity contribution is 7.85. The minimum absolute atomic E-state index is 0.188. The second kappa shape index (κ2) is 15.0. The zero-order valence-electron chi connectivity index (χ0n) is 28.5. The summed E-state index contributed by atoms with van der Waals surface area (Å²) in [5.41, 5.74) is 6.45. The lowest BCUT2D eigenvalue weighted by atomic mass is 10.0. The van der Waals surface area contributed by atoms with Crippen LogP contribution in [0.3, 0.4) is 0 Å². The zero-order chi connectivity index (χ0) is 36.2. The van der Waals surface area contributed by atoms with Crippen molar-refractivity contribution in [1.82, 2.24) is 0 Å². The van der Waals surface area contributed by atoms with Gasteiger partial charge in [-0.25, -0.2) is 0 Å². The predicted octanol–water partition coefficient (Wildman–Crippen LogP) is 9.12. The first-order valence-electron chi connectivity index (χ1n) is 17.2. The highest BCUT2D eigenvalue weighted by Gasteiger charge is 2.30. The van der Waals surface area contributed by atoms with Crippen LogP contribution < -0.4 is 23.7 Å². The first kappa shape index (κ1) is 34.2. The number of fused-ring (bicyclic) bond motifs is 2. The first-order valence-corrected chi connectivity index (χ1v) is 19.4. The van der Waals surface area contributed by atoms with Crippen LogP contribution in [0.2, 0.25) is 0 Å². The molecule has 0 atom stereocenters. The lowest BCUT2D eigenvalue weighted by molar-refractivity contribution is -0.669. The largest absolute Gasteiger partial charge is 0.492 e. The van der Waals surface area contributed by atoms with Gasteiger partial charge in [-0.05, 0) is 76.9 Å². The van der Waals surface area contributed by atoms with Gasteiger partial charge in [-0.3, -0.25) is 4.55 Å². The number of nitrogens with zero attached hydrogens (tertiary/aromatic N) is 2. The monoisotopic (exact) mass is 739 g/mol. The van der Waals surface area contributed by atoms with Crippen LogP contribution in [0.25, 0.3) is 38.5 Å². The Labute approximate surface area is 312 Å². The van der Waals surface area contributed by atoms with Gasteiger partial charge >= 0.3 is 0 Å². The van der Waals surface area contributed by atoms with Crippen LogP contribution in [0, 0.1) is 0 Å². The number of hydrogen-bond acceptors (Lipinski definition) is 7. The number of anilines is 1. The van der Waals surface area contributed by atoms with E-state index in [4.69, 9.17) is 14.2 Å². The second-order valence-corrected chi connectivity index (χ2v) is 14.9. The van der Waals surface area contributed by atoms with Gasteiger partial charge in [0.2, 0.25) is 11.4 Å². The minimum Gasteiger partial charge on any atom is -0.492 e. The smallest absolute Gasteiger partial charge is 0.294 e. The standard InChI is InChI=1S/C43H34N2O6S2/c46-53(47,48)37-20-18-36(19-21-37)50-26-24-44-38-28-33(31-10-4-1-5-11-31)16-22-40(38)51-42(44)30-43-45(25-27-49-35-14-8-3-9-15-35)39-29-34(17-23-41(39)52-43)32-12-6-2-7-13-32/h1-23,28-30H,24-27H2/p+1. The molecule has 8 rings (SSSR count). The fourth-order valence-corrected chi connectivity index (χ4v) is 7.91. The summed E-state index contributed by atoms with van der Waals surface area (Å²) >= 11 is 1.69. The number of hydrogen-bond donors (Lipinski definition) is 1. The molecule has 2 heterocycles. The molecule has 0 amide bonds. The summed E-state index contributed by atoms with van der Waals surface area (Å²) in [5, 5.41) is 1.000. The molecule has 1 aliphatic heterocycles. The van der Waals surface area contributed by atoms with E-state index in [0.29, 0.717) is 31.3 Å². The van der Waals surface area contributed by atoms with Crippen LogP contribution >= 0.6 is 11.3 Å². The lowest BCUT2D eigenvalue weighted by Gasteiger charge is -2.19. The predicted molar refractivity (Wildman–Crippen MR) is 209 cm³/mol. The number of para-hydroxylation sites is 1. The van der Waals surface area contributed by atoms with Crippen LogP contribution in [0.1, 0.15) is 5.01 Å². The van der Waals surface area contributed by atoms with Crippen LogP contribution in [0.15, 0.2) is 162 Å². The van der Waals surface area contributed by atoms with E-state index in [9.17, 15) is 13.0 Å². The summed E-state index contributed by atoms with van der Waals surface area (Å²) in [6.07, 6.45) is 2.08. The van der Waals surface area contributed by atoms with Gasteiger partial charge in [-0.1, -0.05) is 102 Å². The average Bonchev–Trinajstić information content (AvgIpc) is 3.71. The highest BCUT2D eigenvalue weighted by atomic mass is 32.2.